The van der Waals surface area contributed by atoms with E-state index in [-0.39, 0.29) is 11.7 Å². The SMILES string of the molecule is CCCn1cnnc1CNC(=O)CSc1nnc(C)o1. The Labute approximate surface area is 120 Å². The zero-order valence-electron chi connectivity index (χ0n) is 11.4. The lowest BCUT2D eigenvalue weighted by Gasteiger charge is -2.05. The summed E-state index contributed by atoms with van der Waals surface area (Å²) in [5.74, 6) is 1.35. The van der Waals surface area contributed by atoms with Gasteiger partial charge in [0.2, 0.25) is 11.8 Å². The number of carbonyl (C=O) groups excluding carboxylic acids is 1. The normalized spacial score (nSPS) is 10.7. The lowest BCUT2D eigenvalue weighted by Crippen LogP contribution is -2.26. The molecule has 2 rings (SSSR count). The molecule has 0 radical (unpaired) electrons. The second kappa shape index (κ2) is 7.04. The highest BCUT2D eigenvalue weighted by Crippen LogP contribution is 2.14. The van der Waals surface area contributed by atoms with Gasteiger partial charge in [0, 0.05) is 13.5 Å². The fraction of sp³-hybridized carbons (Fsp3) is 0.545. The molecule has 0 saturated heterocycles. The van der Waals surface area contributed by atoms with Crippen molar-refractivity contribution in [1.29, 1.82) is 0 Å². The standard InChI is InChI=1S/C11H16N6O2S/c1-3-4-17-7-13-15-9(17)5-12-10(18)6-20-11-16-14-8(2)19-11/h7H,3-6H2,1-2H3,(H,12,18). The number of thioether (sulfide) groups is 1. The maximum Gasteiger partial charge on any atom is 0.277 e. The van der Waals surface area contributed by atoms with Crippen LogP contribution in [0.5, 0.6) is 0 Å². The topological polar surface area (TPSA) is 98.7 Å². The predicted octanol–water partition coefficient (Wildman–Crippen LogP) is 0.788. The first-order valence-corrected chi connectivity index (χ1v) is 7.24. The molecular formula is C11H16N6O2S. The van der Waals surface area contributed by atoms with E-state index in [9.17, 15) is 4.79 Å². The monoisotopic (exact) mass is 296 g/mol. The molecule has 0 aromatic carbocycles. The molecule has 2 heterocycles. The molecule has 0 spiro atoms. The summed E-state index contributed by atoms with van der Waals surface area (Å²) in [6.07, 6.45) is 2.66. The molecule has 0 aliphatic carbocycles. The Morgan fingerprint density at radius 3 is 3.00 bits per heavy atom. The molecule has 2 aromatic rings. The first kappa shape index (κ1) is 14.5. The average molecular weight is 296 g/mol. The molecule has 1 amide bonds. The highest BCUT2D eigenvalue weighted by Gasteiger charge is 2.09. The number of nitrogens with zero attached hydrogens (tertiary/aromatic N) is 5. The minimum Gasteiger partial charge on any atom is -0.416 e. The molecule has 0 bridgehead atoms. The maximum absolute atomic E-state index is 11.7. The van der Waals surface area contributed by atoms with E-state index in [1.165, 1.54) is 11.8 Å². The van der Waals surface area contributed by atoms with E-state index in [0.717, 1.165) is 18.8 Å². The highest BCUT2D eigenvalue weighted by atomic mass is 32.2. The summed E-state index contributed by atoms with van der Waals surface area (Å²) in [7, 11) is 0. The largest absolute Gasteiger partial charge is 0.416 e. The smallest absolute Gasteiger partial charge is 0.277 e. The summed E-state index contributed by atoms with van der Waals surface area (Å²) in [4.78, 5) is 11.7. The van der Waals surface area contributed by atoms with Crippen LogP contribution in [0.3, 0.4) is 0 Å². The summed E-state index contributed by atoms with van der Waals surface area (Å²) < 4.78 is 7.10. The number of hydrogen-bond acceptors (Lipinski definition) is 7. The fourth-order valence-corrected chi connectivity index (χ4v) is 2.17. The van der Waals surface area contributed by atoms with Gasteiger partial charge in [-0.3, -0.25) is 4.79 Å². The van der Waals surface area contributed by atoms with Crippen LogP contribution >= 0.6 is 11.8 Å². The van der Waals surface area contributed by atoms with Crippen molar-refractivity contribution in [3.8, 4) is 0 Å². The van der Waals surface area contributed by atoms with Crippen molar-refractivity contribution in [2.75, 3.05) is 5.75 Å². The predicted molar refractivity (Wildman–Crippen MR) is 71.9 cm³/mol. The number of carbonyl (C=O) groups is 1. The van der Waals surface area contributed by atoms with E-state index < -0.39 is 0 Å². The van der Waals surface area contributed by atoms with Gasteiger partial charge in [0.05, 0.1) is 12.3 Å². The zero-order chi connectivity index (χ0) is 14.4. The summed E-state index contributed by atoms with van der Waals surface area (Å²) in [5.41, 5.74) is 0. The van der Waals surface area contributed by atoms with Crippen molar-refractivity contribution >= 4 is 17.7 Å². The quantitative estimate of drug-likeness (QED) is 0.754. The Bertz CT molecular complexity index is 567. The van der Waals surface area contributed by atoms with Gasteiger partial charge in [-0.15, -0.1) is 20.4 Å². The van der Waals surface area contributed by atoms with Gasteiger partial charge in [0.1, 0.15) is 6.33 Å². The summed E-state index contributed by atoms with van der Waals surface area (Å²) in [6.45, 7) is 4.99. The van der Waals surface area contributed by atoms with Crippen LogP contribution in [0.4, 0.5) is 0 Å². The van der Waals surface area contributed by atoms with Crippen LogP contribution in [-0.2, 0) is 17.9 Å². The molecule has 0 aliphatic heterocycles. The van der Waals surface area contributed by atoms with E-state index >= 15 is 0 Å². The highest BCUT2D eigenvalue weighted by molar-refractivity contribution is 7.99. The maximum atomic E-state index is 11.7. The second-order valence-corrected chi connectivity index (χ2v) is 5.02. The molecule has 2 aromatic heterocycles. The molecule has 8 nitrogen and oxygen atoms in total. The Hall–Kier alpha value is -1.90. The van der Waals surface area contributed by atoms with Crippen molar-refractivity contribution in [1.82, 2.24) is 30.3 Å². The number of aryl methyl sites for hydroxylation is 2. The van der Waals surface area contributed by atoms with Gasteiger partial charge in [-0.1, -0.05) is 18.7 Å². The Morgan fingerprint density at radius 2 is 2.30 bits per heavy atom. The van der Waals surface area contributed by atoms with E-state index in [0.29, 0.717) is 17.7 Å². The Kier molecular flexibility index (Phi) is 5.10. The van der Waals surface area contributed by atoms with Crippen LogP contribution < -0.4 is 5.32 Å². The number of nitrogens with one attached hydrogen (secondary N) is 1. The molecule has 0 saturated carbocycles. The molecule has 0 atom stereocenters. The van der Waals surface area contributed by atoms with Gasteiger partial charge in [0.25, 0.3) is 5.22 Å². The third kappa shape index (κ3) is 4.05. The van der Waals surface area contributed by atoms with Crippen LogP contribution in [-0.4, -0.2) is 36.6 Å². The first-order valence-electron chi connectivity index (χ1n) is 6.25. The van der Waals surface area contributed by atoms with Gasteiger partial charge in [0.15, 0.2) is 5.82 Å². The summed E-state index contributed by atoms with van der Waals surface area (Å²) in [5, 5.41) is 18.5. The summed E-state index contributed by atoms with van der Waals surface area (Å²) in [6, 6.07) is 0. The van der Waals surface area contributed by atoms with Gasteiger partial charge < -0.3 is 14.3 Å². The van der Waals surface area contributed by atoms with E-state index in [1.807, 2.05) is 4.57 Å². The molecular weight excluding hydrogens is 280 g/mol. The van der Waals surface area contributed by atoms with Crippen LogP contribution in [0, 0.1) is 6.92 Å². The van der Waals surface area contributed by atoms with E-state index in [4.69, 9.17) is 4.42 Å². The lowest BCUT2D eigenvalue weighted by molar-refractivity contribution is -0.118. The van der Waals surface area contributed by atoms with Crippen LogP contribution in [0.25, 0.3) is 0 Å². The van der Waals surface area contributed by atoms with Gasteiger partial charge in [-0.2, -0.15) is 0 Å². The minimum atomic E-state index is -0.114. The van der Waals surface area contributed by atoms with E-state index in [2.05, 4.69) is 32.6 Å². The number of hydrogen-bond donors (Lipinski definition) is 1. The van der Waals surface area contributed by atoms with Gasteiger partial charge >= 0.3 is 0 Å². The average Bonchev–Trinajstić information content (AvgIpc) is 3.04. The van der Waals surface area contributed by atoms with Gasteiger partial charge in [-0.05, 0) is 6.42 Å². The van der Waals surface area contributed by atoms with Crippen molar-refractivity contribution in [2.45, 2.75) is 38.6 Å². The van der Waals surface area contributed by atoms with Crippen molar-refractivity contribution in [3.63, 3.8) is 0 Å². The van der Waals surface area contributed by atoms with Crippen LogP contribution in [0.2, 0.25) is 0 Å². The molecule has 0 fully saturated rings. The molecule has 1 N–H and O–H groups in total. The fourth-order valence-electron chi connectivity index (χ4n) is 1.54. The Morgan fingerprint density at radius 1 is 1.45 bits per heavy atom. The molecule has 0 aliphatic rings. The van der Waals surface area contributed by atoms with Crippen LogP contribution in [0.15, 0.2) is 16.0 Å². The third-order valence-electron chi connectivity index (χ3n) is 2.44. The summed E-state index contributed by atoms with van der Waals surface area (Å²) >= 11 is 1.21. The van der Waals surface area contributed by atoms with Crippen molar-refractivity contribution in [3.05, 3.63) is 18.0 Å². The number of amides is 1. The van der Waals surface area contributed by atoms with Gasteiger partial charge in [-0.25, -0.2) is 0 Å². The molecule has 9 heteroatoms. The third-order valence-corrected chi connectivity index (χ3v) is 3.26. The van der Waals surface area contributed by atoms with E-state index in [1.54, 1.807) is 13.3 Å². The Balaban J connectivity index is 1.76. The molecule has 0 unspecified atom stereocenters. The van der Waals surface area contributed by atoms with Crippen LogP contribution in [0.1, 0.15) is 25.1 Å². The number of rotatable bonds is 7. The minimum absolute atomic E-state index is 0.114. The second-order valence-electron chi connectivity index (χ2n) is 4.09. The molecule has 20 heavy (non-hydrogen) atoms. The van der Waals surface area contributed by atoms with Crippen molar-refractivity contribution < 1.29 is 9.21 Å². The zero-order valence-corrected chi connectivity index (χ0v) is 12.2. The molecule has 108 valence electrons. The number of aromatic nitrogens is 5. The lowest BCUT2D eigenvalue weighted by atomic mass is 10.4. The first-order chi connectivity index (χ1) is 9.69. The van der Waals surface area contributed by atoms with Crippen molar-refractivity contribution in [2.24, 2.45) is 0 Å².